The Bertz CT molecular complexity index is 877. The highest BCUT2D eigenvalue weighted by Gasteiger charge is 2.27. The van der Waals surface area contributed by atoms with Gasteiger partial charge in [-0.1, -0.05) is 30.3 Å². The highest BCUT2D eigenvalue weighted by Crippen LogP contribution is 2.27. The van der Waals surface area contributed by atoms with Crippen molar-refractivity contribution >= 4 is 17.9 Å². The number of ether oxygens (including phenoxy) is 1. The average Bonchev–Trinajstić information content (AvgIpc) is 2.89. The minimum absolute atomic E-state index is 0.268. The molecule has 0 aliphatic carbocycles. The number of benzene rings is 1. The summed E-state index contributed by atoms with van der Waals surface area (Å²) in [6.45, 7) is 7.60. The third kappa shape index (κ3) is 5.40. The maximum absolute atomic E-state index is 12.6. The lowest BCUT2D eigenvalue weighted by atomic mass is 10.1. The van der Waals surface area contributed by atoms with Gasteiger partial charge in [-0.3, -0.25) is 0 Å². The van der Waals surface area contributed by atoms with Crippen molar-refractivity contribution < 1.29 is 9.53 Å². The molecule has 0 atom stereocenters. The summed E-state index contributed by atoms with van der Waals surface area (Å²) in [4.78, 5) is 28.2. The fourth-order valence-electron chi connectivity index (χ4n) is 3.54. The number of carbonyl (C=O) groups excluding carboxylic acids is 1. The van der Waals surface area contributed by atoms with E-state index in [1.165, 1.54) is 5.56 Å². The summed E-state index contributed by atoms with van der Waals surface area (Å²) < 4.78 is 5.57. The molecule has 2 heterocycles. The molecule has 7 nitrogen and oxygen atoms in total. The molecule has 0 N–H and O–H groups in total. The molecule has 0 fully saturated rings. The molecule has 0 bridgehead atoms. The second-order valence-electron chi connectivity index (χ2n) is 8.98. The van der Waals surface area contributed by atoms with Gasteiger partial charge in [-0.05, 0) is 32.8 Å². The van der Waals surface area contributed by atoms with E-state index in [-0.39, 0.29) is 6.09 Å². The molecule has 1 aromatic heterocycles. The highest BCUT2D eigenvalue weighted by molar-refractivity contribution is 5.68. The number of aromatic nitrogens is 2. The maximum Gasteiger partial charge on any atom is 0.410 e. The van der Waals surface area contributed by atoms with Crippen molar-refractivity contribution in [2.45, 2.75) is 45.8 Å². The van der Waals surface area contributed by atoms with E-state index < -0.39 is 5.60 Å². The molecule has 1 aliphatic rings. The van der Waals surface area contributed by atoms with Crippen molar-refractivity contribution in [3.05, 3.63) is 47.2 Å². The van der Waals surface area contributed by atoms with Crippen LogP contribution in [0.4, 0.5) is 16.6 Å². The SMILES string of the molecule is CN(C)c1nc(N(C)Cc2ccccc2)nc2c1CCN(C(=O)OC(C)(C)C)CC2. The first kappa shape index (κ1) is 21.9. The van der Waals surface area contributed by atoms with Gasteiger partial charge in [-0.2, -0.15) is 4.98 Å². The molecule has 3 rings (SSSR count). The smallest absolute Gasteiger partial charge is 0.410 e. The van der Waals surface area contributed by atoms with Crippen molar-refractivity contribution in [3.63, 3.8) is 0 Å². The number of nitrogens with zero attached hydrogens (tertiary/aromatic N) is 5. The Kier molecular flexibility index (Phi) is 6.48. The Labute approximate surface area is 179 Å². The number of rotatable bonds is 4. The van der Waals surface area contributed by atoms with Crippen LogP contribution in [0.1, 0.15) is 37.6 Å². The molecule has 7 heteroatoms. The van der Waals surface area contributed by atoms with Gasteiger partial charge in [0, 0.05) is 52.8 Å². The summed E-state index contributed by atoms with van der Waals surface area (Å²) in [5.41, 5.74) is 2.83. The number of amides is 1. The third-order valence-electron chi connectivity index (χ3n) is 4.99. The number of hydrogen-bond donors (Lipinski definition) is 0. The fraction of sp³-hybridized carbons (Fsp3) is 0.522. The van der Waals surface area contributed by atoms with Gasteiger partial charge in [0.1, 0.15) is 11.4 Å². The van der Waals surface area contributed by atoms with Crippen molar-refractivity contribution in [1.29, 1.82) is 0 Å². The molecule has 1 amide bonds. The molecular weight excluding hydrogens is 378 g/mol. The maximum atomic E-state index is 12.6. The molecule has 1 aliphatic heterocycles. The lowest BCUT2D eigenvalue weighted by Gasteiger charge is -2.26. The Morgan fingerprint density at radius 3 is 2.37 bits per heavy atom. The zero-order valence-electron chi connectivity index (χ0n) is 19.0. The van der Waals surface area contributed by atoms with Crippen molar-refractivity contribution in [3.8, 4) is 0 Å². The summed E-state index contributed by atoms with van der Waals surface area (Å²) in [7, 11) is 6.01. The van der Waals surface area contributed by atoms with Crippen LogP contribution >= 0.6 is 0 Å². The van der Waals surface area contributed by atoms with Crippen LogP contribution in [-0.2, 0) is 24.1 Å². The molecule has 0 spiro atoms. The van der Waals surface area contributed by atoms with Crippen LogP contribution in [0.2, 0.25) is 0 Å². The monoisotopic (exact) mass is 411 g/mol. The zero-order valence-corrected chi connectivity index (χ0v) is 19.0. The van der Waals surface area contributed by atoms with Gasteiger partial charge in [0.2, 0.25) is 5.95 Å². The van der Waals surface area contributed by atoms with E-state index in [4.69, 9.17) is 14.7 Å². The molecule has 30 heavy (non-hydrogen) atoms. The highest BCUT2D eigenvalue weighted by atomic mass is 16.6. The molecule has 0 unspecified atom stereocenters. The Balaban J connectivity index is 1.83. The predicted octanol–water partition coefficient (Wildman–Crippen LogP) is 3.51. The van der Waals surface area contributed by atoms with E-state index in [1.54, 1.807) is 4.90 Å². The van der Waals surface area contributed by atoms with Gasteiger partial charge in [0.05, 0.1) is 5.69 Å². The summed E-state index contributed by atoms with van der Waals surface area (Å²) in [6.07, 6.45) is 1.13. The van der Waals surface area contributed by atoms with Crippen LogP contribution in [-0.4, -0.2) is 60.8 Å². The molecule has 0 radical (unpaired) electrons. The summed E-state index contributed by atoms with van der Waals surface area (Å²) >= 11 is 0. The van der Waals surface area contributed by atoms with Crippen molar-refractivity contribution in [2.75, 3.05) is 44.0 Å². The van der Waals surface area contributed by atoms with Crippen molar-refractivity contribution in [2.24, 2.45) is 0 Å². The second-order valence-corrected chi connectivity index (χ2v) is 8.98. The normalized spacial score (nSPS) is 14.0. The summed E-state index contributed by atoms with van der Waals surface area (Å²) in [5, 5.41) is 0. The first-order valence-corrected chi connectivity index (χ1v) is 10.4. The van der Waals surface area contributed by atoms with E-state index in [9.17, 15) is 4.79 Å². The standard InChI is InChI=1S/C23H33N5O2/c1-23(2,3)30-22(29)28-14-12-18-19(13-15-28)24-21(25-20(18)26(4)5)27(6)16-17-10-8-7-9-11-17/h7-11H,12-16H2,1-6H3. The topological polar surface area (TPSA) is 61.8 Å². The van der Waals surface area contributed by atoms with Gasteiger partial charge >= 0.3 is 6.09 Å². The number of fused-ring (bicyclic) bond motifs is 1. The first-order valence-electron chi connectivity index (χ1n) is 10.4. The van der Waals surface area contributed by atoms with Crippen LogP contribution in [0, 0.1) is 0 Å². The average molecular weight is 412 g/mol. The minimum Gasteiger partial charge on any atom is -0.444 e. The van der Waals surface area contributed by atoms with Crippen LogP contribution in [0.3, 0.4) is 0 Å². The zero-order chi connectivity index (χ0) is 21.9. The molecule has 162 valence electrons. The van der Waals surface area contributed by atoms with Gasteiger partial charge in [-0.15, -0.1) is 0 Å². The van der Waals surface area contributed by atoms with Crippen molar-refractivity contribution in [1.82, 2.24) is 14.9 Å². The first-order chi connectivity index (χ1) is 14.1. The quantitative estimate of drug-likeness (QED) is 0.767. The Hall–Kier alpha value is -2.83. The van der Waals surface area contributed by atoms with E-state index in [1.807, 2.05) is 65.0 Å². The van der Waals surface area contributed by atoms with E-state index in [0.29, 0.717) is 31.9 Å². The van der Waals surface area contributed by atoms with Crippen LogP contribution in [0.15, 0.2) is 30.3 Å². The van der Waals surface area contributed by atoms with E-state index in [2.05, 4.69) is 17.0 Å². The molecule has 1 aromatic carbocycles. The second kappa shape index (κ2) is 8.90. The van der Waals surface area contributed by atoms with Crippen LogP contribution < -0.4 is 9.80 Å². The number of anilines is 2. The molecule has 0 saturated carbocycles. The largest absolute Gasteiger partial charge is 0.444 e. The molecular formula is C23H33N5O2. The van der Waals surface area contributed by atoms with E-state index >= 15 is 0 Å². The third-order valence-corrected chi connectivity index (χ3v) is 4.99. The lowest BCUT2D eigenvalue weighted by molar-refractivity contribution is 0.0258. The van der Waals surface area contributed by atoms with Crippen LogP contribution in [0.5, 0.6) is 0 Å². The van der Waals surface area contributed by atoms with Gasteiger partial charge in [0.15, 0.2) is 0 Å². The van der Waals surface area contributed by atoms with Crippen LogP contribution in [0.25, 0.3) is 0 Å². The lowest BCUT2D eigenvalue weighted by Crippen LogP contribution is -2.38. The fourth-order valence-corrected chi connectivity index (χ4v) is 3.54. The van der Waals surface area contributed by atoms with Gasteiger partial charge < -0.3 is 19.4 Å². The summed E-state index contributed by atoms with van der Waals surface area (Å²) in [5.74, 6) is 1.62. The molecule has 0 saturated heterocycles. The summed E-state index contributed by atoms with van der Waals surface area (Å²) in [6, 6.07) is 10.3. The Morgan fingerprint density at radius 2 is 1.73 bits per heavy atom. The number of hydrogen-bond acceptors (Lipinski definition) is 6. The predicted molar refractivity (Wildman–Crippen MR) is 120 cm³/mol. The van der Waals surface area contributed by atoms with Gasteiger partial charge in [0.25, 0.3) is 0 Å². The number of carbonyl (C=O) groups is 1. The molecule has 2 aromatic rings. The minimum atomic E-state index is -0.502. The Morgan fingerprint density at radius 1 is 1.07 bits per heavy atom. The van der Waals surface area contributed by atoms with Gasteiger partial charge in [-0.25, -0.2) is 9.78 Å². The van der Waals surface area contributed by atoms with E-state index in [0.717, 1.165) is 23.6 Å².